The molecule has 2 aromatic heterocycles. The summed E-state index contributed by atoms with van der Waals surface area (Å²) in [6, 6.07) is 12.6. The lowest BCUT2D eigenvalue weighted by Crippen LogP contribution is -2.18. The van der Waals surface area contributed by atoms with Crippen molar-refractivity contribution in [3.63, 3.8) is 0 Å². The highest BCUT2D eigenvalue weighted by Crippen LogP contribution is 2.21. The number of aromatic amines is 1. The number of benzene rings is 1. The lowest BCUT2D eigenvalue weighted by atomic mass is 10.1. The number of pyridine rings is 1. The van der Waals surface area contributed by atoms with Gasteiger partial charge in [0.1, 0.15) is 5.82 Å². The summed E-state index contributed by atoms with van der Waals surface area (Å²) in [6.45, 7) is 6.79. The van der Waals surface area contributed by atoms with Gasteiger partial charge in [-0.3, -0.25) is 5.10 Å². The minimum absolute atomic E-state index is 0.808. The Labute approximate surface area is 148 Å². The van der Waals surface area contributed by atoms with Gasteiger partial charge < -0.3 is 10.6 Å². The van der Waals surface area contributed by atoms with Crippen LogP contribution in [0.4, 0.5) is 5.82 Å². The summed E-state index contributed by atoms with van der Waals surface area (Å²) >= 11 is 0. The fourth-order valence-electron chi connectivity index (χ4n) is 2.64. The van der Waals surface area contributed by atoms with Gasteiger partial charge in [-0.25, -0.2) is 4.98 Å². The van der Waals surface area contributed by atoms with Gasteiger partial charge in [0.2, 0.25) is 0 Å². The van der Waals surface area contributed by atoms with Gasteiger partial charge in [-0.2, -0.15) is 5.10 Å². The molecule has 0 bridgehead atoms. The molecule has 0 atom stereocenters. The first-order valence-electron chi connectivity index (χ1n) is 8.69. The molecular formula is C20H25N5. The number of aromatic nitrogens is 3. The SMILES string of the molecule is Cc1ccc(-c2[nH]ncc2CNCCCNc2ccc(C)cn2)cc1. The van der Waals surface area contributed by atoms with Crippen LogP contribution in [0.1, 0.15) is 23.1 Å². The van der Waals surface area contributed by atoms with Crippen LogP contribution in [0.15, 0.2) is 48.8 Å². The minimum atomic E-state index is 0.808. The third kappa shape index (κ3) is 4.90. The van der Waals surface area contributed by atoms with E-state index >= 15 is 0 Å². The molecule has 3 N–H and O–H groups in total. The van der Waals surface area contributed by atoms with Crippen molar-refractivity contribution >= 4 is 5.82 Å². The lowest BCUT2D eigenvalue weighted by molar-refractivity contribution is 0.663. The Morgan fingerprint density at radius 3 is 2.48 bits per heavy atom. The topological polar surface area (TPSA) is 65.6 Å². The highest BCUT2D eigenvalue weighted by atomic mass is 15.1. The average Bonchev–Trinajstić information content (AvgIpc) is 3.09. The molecule has 5 nitrogen and oxygen atoms in total. The van der Waals surface area contributed by atoms with E-state index in [1.54, 1.807) is 0 Å². The second-order valence-corrected chi connectivity index (χ2v) is 6.31. The summed E-state index contributed by atoms with van der Waals surface area (Å²) in [5, 5.41) is 14.1. The van der Waals surface area contributed by atoms with Crippen LogP contribution in [0.2, 0.25) is 0 Å². The fourth-order valence-corrected chi connectivity index (χ4v) is 2.64. The molecule has 0 unspecified atom stereocenters. The second kappa shape index (κ2) is 8.44. The van der Waals surface area contributed by atoms with Gasteiger partial charge in [-0.05, 0) is 44.0 Å². The zero-order valence-corrected chi connectivity index (χ0v) is 14.8. The van der Waals surface area contributed by atoms with Crippen molar-refractivity contribution in [2.24, 2.45) is 0 Å². The first-order valence-corrected chi connectivity index (χ1v) is 8.69. The fraction of sp³-hybridized carbons (Fsp3) is 0.300. The first kappa shape index (κ1) is 17.2. The Hall–Kier alpha value is -2.66. The van der Waals surface area contributed by atoms with Crippen molar-refractivity contribution in [2.45, 2.75) is 26.8 Å². The van der Waals surface area contributed by atoms with Crippen LogP contribution < -0.4 is 10.6 Å². The van der Waals surface area contributed by atoms with Gasteiger partial charge in [0.05, 0.1) is 11.9 Å². The third-order valence-electron chi connectivity index (χ3n) is 4.12. The van der Waals surface area contributed by atoms with Crippen molar-refractivity contribution < 1.29 is 0 Å². The van der Waals surface area contributed by atoms with E-state index in [4.69, 9.17) is 0 Å². The summed E-state index contributed by atoms with van der Waals surface area (Å²) in [6.07, 6.45) is 4.82. The Kier molecular flexibility index (Phi) is 5.80. The Balaban J connectivity index is 1.41. The van der Waals surface area contributed by atoms with Crippen LogP contribution in [0.25, 0.3) is 11.3 Å². The quantitative estimate of drug-likeness (QED) is 0.549. The summed E-state index contributed by atoms with van der Waals surface area (Å²) in [5.41, 5.74) is 5.90. The molecule has 130 valence electrons. The normalized spacial score (nSPS) is 10.8. The largest absolute Gasteiger partial charge is 0.370 e. The van der Waals surface area contributed by atoms with Crippen LogP contribution in [0.5, 0.6) is 0 Å². The van der Waals surface area contributed by atoms with Gasteiger partial charge in [0, 0.05) is 24.8 Å². The summed E-state index contributed by atoms with van der Waals surface area (Å²) in [4.78, 5) is 4.34. The Bertz CT molecular complexity index is 775. The van der Waals surface area contributed by atoms with Gasteiger partial charge >= 0.3 is 0 Å². The maximum atomic E-state index is 4.34. The van der Waals surface area contributed by atoms with Crippen LogP contribution in [-0.4, -0.2) is 28.3 Å². The summed E-state index contributed by atoms with van der Waals surface area (Å²) in [7, 11) is 0. The van der Waals surface area contributed by atoms with E-state index in [1.807, 2.05) is 25.4 Å². The zero-order chi connectivity index (χ0) is 17.5. The van der Waals surface area contributed by atoms with E-state index < -0.39 is 0 Å². The van der Waals surface area contributed by atoms with E-state index in [0.29, 0.717) is 0 Å². The maximum absolute atomic E-state index is 4.34. The molecule has 2 heterocycles. The van der Waals surface area contributed by atoms with E-state index in [1.165, 1.54) is 22.3 Å². The number of aryl methyl sites for hydroxylation is 2. The predicted molar refractivity (Wildman–Crippen MR) is 103 cm³/mol. The molecular weight excluding hydrogens is 310 g/mol. The van der Waals surface area contributed by atoms with Crippen LogP contribution >= 0.6 is 0 Å². The molecule has 0 aliphatic rings. The number of nitrogens with zero attached hydrogens (tertiary/aromatic N) is 2. The molecule has 25 heavy (non-hydrogen) atoms. The summed E-state index contributed by atoms with van der Waals surface area (Å²) < 4.78 is 0. The molecule has 5 heteroatoms. The highest BCUT2D eigenvalue weighted by Gasteiger charge is 2.07. The maximum Gasteiger partial charge on any atom is 0.125 e. The third-order valence-corrected chi connectivity index (χ3v) is 4.12. The van der Waals surface area contributed by atoms with Crippen molar-refractivity contribution in [2.75, 3.05) is 18.4 Å². The van der Waals surface area contributed by atoms with Gasteiger partial charge in [-0.15, -0.1) is 0 Å². The number of nitrogens with one attached hydrogen (secondary N) is 3. The smallest absolute Gasteiger partial charge is 0.125 e. The monoisotopic (exact) mass is 335 g/mol. The van der Waals surface area contributed by atoms with Crippen LogP contribution in [0, 0.1) is 13.8 Å². The average molecular weight is 335 g/mol. The van der Waals surface area contributed by atoms with Crippen molar-refractivity contribution in [3.8, 4) is 11.3 Å². The molecule has 0 saturated heterocycles. The van der Waals surface area contributed by atoms with Crippen LogP contribution in [-0.2, 0) is 6.54 Å². The van der Waals surface area contributed by atoms with E-state index in [2.05, 4.69) is 63.1 Å². The number of hydrogen-bond donors (Lipinski definition) is 3. The zero-order valence-electron chi connectivity index (χ0n) is 14.8. The molecule has 3 aromatic rings. The van der Waals surface area contributed by atoms with Crippen molar-refractivity contribution in [1.29, 1.82) is 0 Å². The van der Waals surface area contributed by atoms with Crippen LogP contribution in [0.3, 0.4) is 0 Å². The number of rotatable bonds is 8. The van der Waals surface area contributed by atoms with Gasteiger partial charge in [0.15, 0.2) is 0 Å². The van der Waals surface area contributed by atoms with Gasteiger partial charge in [0.25, 0.3) is 0 Å². The number of H-pyrrole nitrogens is 1. The molecule has 0 aliphatic heterocycles. The van der Waals surface area contributed by atoms with E-state index in [-0.39, 0.29) is 0 Å². The minimum Gasteiger partial charge on any atom is -0.370 e. The van der Waals surface area contributed by atoms with Crippen molar-refractivity contribution in [3.05, 3.63) is 65.5 Å². The number of hydrogen-bond acceptors (Lipinski definition) is 4. The van der Waals surface area contributed by atoms with Gasteiger partial charge in [-0.1, -0.05) is 35.9 Å². The molecule has 0 aliphatic carbocycles. The number of anilines is 1. The first-order chi connectivity index (χ1) is 12.2. The van der Waals surface area contributed by atoms with Crippen molar-refractivity contribution in [1.82, 2.24) is 20.5 Å². The highest BCUT2D eigenvalue weighted by molar-refractivity contribution is 5.62. The molecule has 0 fully saturated rings. The Morgan fingerprint density at radius 2 is 1.72 bits per heavy atom. The van der Waals surface area contributed by atoms with E-state index in [9.17, 15) is 0 Å². The standard InChI is InChI=1S/C20H25N5/c1-15-4-7-17(8-5-15)20-18(14-24-25-20)13-21-10-3-11-22-19-9-6-16(2)12-23-19/h4-9,12,14,21H,3,10-11,13H2,1-2H3,(H,22,23)(H,24,25). The molecule has 1 aromatic carbocycles. The molecule has 0 saturated carbocycles. The van der Waals surface area contributed by atoms with E-state index in [0.717, 1.165) is 37.6 Å². The molecule has 3 rings (SSSR count). The molecule has 0 radical (unpaired) electrons. The molecule has 0 spiro atoms. The second-order valence-electron chi connectivity index (χ2n) is 6.31. The Morgan fingerprint density at radius 1 is 0.920 bits per heavy atom. The summed E-state index contributed by atoms with van der Waals surface area (Å²) in [5.74, 6) is 0.932. The lowest BCUT2D eigenvalue weighted by Gasteiger charge is -2.08. The predicted octanol–water partition coefficient (Wildman–Crippen LogP) is 3.68. The molecule has 0 amide bonds.